The molecule has 0 bridgehead atoms. The fourth-order valence-corrected chi connectivity index (χ4v) is 2.98. The Morgan fingerprint density at radius 3 is 2.78 bits per heavy atom. The monoisotopic (exact) mass is 237 g/mol. The van der Waals surface area contributed by atoms with E-state index in [1.807, 2.05) is 0 Å². The average Bonchev–Trinajstić information content (AvgIpc) is 1.80. The highest BCUT2D eigenvalue weighted by molar-refractivity contribution is 14.2. The van der Waals surface area contributed by atoms with E-state index < -0.39 is 0 Å². The van der Waals surface area contributed by atoms with Gasteiger partial charge in [-0.2, -0.15) is 0 Å². The molecule has 1 rings (SSSR count). The van der Waals surface area contributed by atoms with Crippen molar-refractivity contribution in [1.82, 2.24) is 0 Å². The molecule has 0 aliphatic carbocycles. The van der Waals surface area contributed by atoms with Crippen LogP contribution in [0.1, 0.15) is 20.3 Å². The number of rotatable bonds is 0. The first-order valence-electron chi connectivity index (χ1n) is 3.08. The predicted octanol–water partition coefficient (Wildman–Crippen LogP) is 1.78. The Balaban J connectivity index is 2.74. The first kappa shape index (κ1) is 7.41. The highest BCUT2D eigenvalue weighted by atomic mass is 127. The molecular weight excluding hydrogens is 225 g/mol. The van der Waals surface area contributed by atoms with E-state index in [1.165, 1.54) is 5.57 Å². The highest BCUT2D eigenvalue weighted by Gasteiger charge is 2.08. The third-order valence-electron chi connectivity index (χ3n) is 1.50. The summed E-state index contributed by atoms with van der Waals surface area (Å²) < 4.78 is 3.95. The molecule has 0 aromatic carbocycles. The summed E-state index contributed by atoms with van der Waals surface area (Å²) in [6, 6.07) is 0.332. The predicted molar refractivity (Wildman–Crippen MR) is 51.1 cm³/mol. The molecule has 1 aliphatic heterocycles. The van der Waals surface area contributed by atoms with Crippen molar-refractivity contribution in [2.24, 2.45) is 5.73 Å². The van der Waals surface area contributed by atoms with Crippen LogP contribution in [0.2, 0.25) is 0 Å². The number of halogens is 1. The molecule has 1 heterocycles. The molecule has 0 spiro atoms. The summed E-state index contributed by atoms with van der Waals surface area (Å²) in [5, 5.41) is 0. The van der Waals surface area contributed by atoms with Gasteiger partial charge in [-0.3, -0.25) is 0 Å². The Morgan fingerprint density at radius 2 is 2.33 bits per heavy atom. The highest BCUT2D eigenvalue weighted by Crippen LogP contribution is 2.19. The third kappa shape index (κ3) is 1.86. The van der Waals surface area contributed by atoms with E-state index in [0.29, 0.717) is 6.04 Å². The Kier molecular flexibility index (Phi) is 2.41. The Bertz CT molecular complexity index is 170. The summed E-state index contributed by atoms with van der Waals surface area (Å²) in [5.41, 5.74) is 7.19. The first-order chi connectivity index (χ1) is 4.20. The van der Waals surface area contributed by atoms with Gasteiger partial charge < -0.3 is 5.73 Å². The molecule has 0 fully saturated rings. The van der Waals surface area contributed by atoms with Gasteiger partial charge in [0.1, 0.15) is 0 Å². The zero-order valence-electron chi connectivity index (χ0n) is 5.82. The summed E-state index contributed by atoms with van der Waals surface area (Å²) >= 11 is 0.259. The summed E-state index contributed by atoms with van der Waals surface area (Å²) in [6.07, 6.45) is 1.13. The van der Waals surface area contributed by atoms with Crippen molar-refractivity contribution >= 4 is 24.2 Å². The zero-order chi connectivity index (χ0) is 6.85. The average molecular weight is 237 g/mol. The molecule has 0 aromatic heterocycles. The molecule has 1 atom stereocenters. The van der Waals surface area contributed by atoms with Crippen molar-refractivity contribution in [1.29, 1.82) is 0 Å². The molecular formula is C7H12IN. The van der Waals surface area contributed by atoms with E-state index >= 15 is 0 Å². The van der Waals surface area contributed by atoms with E-state index in [1.54, 1.807) is 3.51 Å². The van der Waals surface area contributed by atoms with E-state index in [0.717, 1.165) is 6.42 Å². The maximum absolute atomic E-state index is 5.80. The van der Waals surface area contributed by atoms with Crippen molar-refractivity contribution in [2.45, 2.75) is 26.3 Å². The van der Waals surface area contributed by atoms with Gasteiger partial charge in [0.05, 0.1) is 0 Å². The van der Waals surface area contributed by atoms with Gasteiger partial charge >= 0.3 is 0 Å². The third-order valence-corrected chi connectivity index (χ3v) is 4.30. The van der Waals surface area contributed by atoms with Gasteiger partial charge in [-0.25, -0.2) is 0 Å². The van der Waals surface area contributed by atoms with Crippen LogP contribution in [0.4, 0.5) is 0 Å². The number of hydrogen-bond acceptors (Lipinski definition) is 1. The van der Waals surface area contributed by atoms with Crippen LogP contribution in [0.25, 0.3) is 0 Å². The van der Waals surface area contributed by atoms with E-state index in [-0.39, 0.29) is 20.7 Å². The fraction of sp³-hybridized carbons (Fsp3) is 0.571. The number of nitrogens with two attached hydrogens (primary N) is 1. The Morgan fingerprint density at radius 1 is 1.67 bits per heavy atom. The van der Waals surface area contributed by atoms with Crippen molar-refractivity contribution in [3.05, 3.63) is 9.66 Å². The topological polar surface area (TPSA) is 26.0 Å². The van der Waals surface area contributed by atoms with Gasteiger partial charge in [0.2, 0.25) is 0 Å². The first-order valence-corrected chi connectivity index (χ1v) is 5.40. The lowest BCUT2D eigenvalue weighted by molar-refractivity contribution is 0.811. The second kappa shape index (κ2) is 2.92. The Hall–Kier alpha value is 0.300. The summed E-state index contributed by atoms with van der Waals surface area (Å²) in [7, 11) is 0. The van der Waals surface area contributed by atoms with E-state index in [9.17, 15) is 0 Å². The standard InChI is InChI=1S/C7H12IN/c1-5-4-8-6(2)3-7(5)9/h4,7H,3,9H2,1-2H3. The minimum Gasteiger partial charge on any atom is -0.324 e. The number of hydrogen-bond donors (Lipinski definition) is 1. The van der Waals surface area contributed by atoms with Gasteiger partial charge in [0.25, 0.3) is 0 Å². The summed E-state index contributed by atoms with van der Waals surface area (Å²) in [4.78, 5) is 0. The van der Waals surface area contributed by atoms with Gasteiger partial charge in [0.15, 0.2) is 0 Å². The van der Waals surface area contributed by atoms with Crippen LogP contribution < -0.4 is 5.73 Å². The van der Waals surface area contributed by atoms with Gasteiger partial charge in [-0.15, -0.1) is 0 Å². The second-order valence-electron chi connectivity index (χ2n) is 2.45. The molecule has 2 heteroatoms. The lowest BCUT2D eigenvalue weighted by Crippen LogP contribution is -2.24. The normalized spacial score (nSPS) is 28.1. The minimum absolute atomic E-state index is 0.259. The summed E-state index contributed by atoms with van der Waals surface area (Å²) in [5.74, 6) is 0. The molecule has 1 aliphatic rings. The SMILES string of the molecule is CC1=CI=C(C)CC1N. The Labute approximate surface area is 66.1 Å². The van der Waals surface area contributed by atoms with Gasteiger partial charge in [0, 0.05) is 6.04 Å². The lowest BCUT2D eigenvalue weighted by atomic mass is 10.1. The van der Waals surface area contributed by atoms with Crippen LogP contribution in [0, 0.1) is 0 Å². The quantitative estimate of drug-likeness (QED) is 0.638. The van der Waals surface area contributed by atoms with Gasteiger partial charge in [-0.1, -0.05) is 26.3 Å². The van der Waals surface area contributed by atoms with Crippen molar-refractivity contribution in [2.75, 3.05) is 0 Å². The zero-order valence-corrected chi connectivity index (χ0v) is 7.97. The van der Waals surface area contributed by atoms with Crippen molar-refractivity contribution < 1.29 is 0 Å². The fourth-order valence-electron chi connectivity index (χ4n) is 0.769. The lowest BCUT2D eigenvalue weighted by Gasteiger charge is -2.15. The molecule has 0 radical (unpaired) electrons. The minimum atomic E-state index is 0.259. The second-order valence-corrected chi connectivity index (χ2v) is 5.54. The van der Waals surface area contributed by atoms with E-state index in [2.05, 4.69) is 17.9 Å². The van der Waals surface area contributed by atoms with Crippen molar-refractivity contribution in [3.63, 3.8) is 0 Å². The molecule has 9 heavy (non-hydrogen) atoms. The molecule has 52 valence electrons. The van der Waals surface area contributed by atoms with Crippen LogP contribution in [-0.2, 0) is 0 Å². The molecule has 0 saturated heterocycles. The molecule has 0 saturated carbocycles. The molecule has 2 N–H and O–H groups in total. The molecule has 0 amide bonds. The van der Waals surface area contributed by atoms with Crippen molar-refractivity contribution in [3.8, 4) is 0 Å². The molecule has 0 aromatic rings. The van der Waals surface area contributed by atoms with Crippen LogP contribution in [-0.4, -0.2) is 9.55 Å². The smallest absolute Gasteiger partial charge is 0.0300 e. The largest absolute Gasteiger partial charge is 0.324 e. The summed E-state index contributed by atoms with van der Waals surface area (Å²) in [6.45, 7) is 4.35. The van der Waals surface area contributed by atoms with Crippen LogP contribution >= 0.6 is 20.7 Å². The van der Waals surface area contributed by atoms with E-state index in [4.69, 9.17) is 5.73 Å². The van der Waals surface area contributed by atoms with Crippen LogP contribution in [0.5, 0.6) is 0 Å². The molecule has 1 unspecified atom stereocenters. The maximum atomic E-state index is 5.80. The van der Waals surface area contributed by atoms with Crippen LogP contribution in [0.3, 0.4) is 0 Å². The molecule has 1 nitrogen and oxygen atoms in total. The van der Waals surface area contributed by atoms with Gasteiger partial charge in [-0.05, 0) is 27.9 Å². The van der Waals surface area contributed by atoms with Crippen LogP contribution in [0.15, 0.2) is 9.66 Å². The maximum Gasteiger partial charge on any atom is 0.0300 e.